The van der Waals surface area contributed by atoms with Gasteiger partial charge < -0.3 is 51.0 Å². The molecule has 5 atom stereocenters. The number of nitrogens with two attached hydrogens (primary N) is 1. The van der Waals surface area contributed by atoms with E-state index in [9.17, 15) is 29.7 Å². The van der Waals surface area contributed by atoms with Crippen LogP contribution in [0, 0.1) is 47.5 Å². The third kappa shape index (κ3) is 16.1. The summed E-state index contributed by atoms with van der Waals surface area (Å²) in [4.78, 5) is 70.8. The number of nitrogens with zero attached hydrogens (tertiary/aromatic N) is 7. The van der Waals surface area contributed by atoms with Gasteiger partial charge in [0.1, 0.15) is 29.1 Å². The van der Waals surface area contributed by atoms with Crippen molar-refractivity contribution in [2.24, 2.45) is 5.92 Å². The molecule has 1 saturated carbocycles. The van der Waals surface area contributed by atoms with E-state index < -0.39 is 12.1 Å². The van der Waals surface area contributed by atoms with Crippen LogP contribution in [0.15, 0.2) is 91.0 Å². The van der Waals surface area contributed by atoms with E-state index in [0.29, 0.717) is 123 Å². The zero-order valence-corrected chi connectivity index (χ0v) is 44.8. The van der Waals surface area contributed by atoms with Crippen molar-refractivity contribution in [2.75, 3.05) is 76.5 Å². The Morgan fingerprint density at radius 1 is 0.772 bits per heavy atom. The number of benzene rings is 3. The number of hydrogen-bond donors (Lipinski definition) is 5. The number of nitrogens with one attached hydrogen (secondary N) is 4. The highest BCUT2D eigenvalue weighted by atomic mass is 16.5. The fourth-order valence-corrected chi connectivity index (χ4v) is 10.2. The van der Waals surface area contributed by atoms with Crippen LogP contribution in [-0.2, 0) is 23.8 Å². The largest absolute Gasteiger partial charge is 0.399 e. The van der Waals surface area contributed by atoms with Crippen molar-refractivity contribution in [3.8, 4) is 46.4 Å². The van der Waals surface area contributed by atoms with Gasteiger partial charge in [-0.25, -0.2) is 15.0 Å². The van der Waals surface area contributed by atoms with E-state index >= 15 is 0 Å². The molecule has 3 aromatic carbocycles. The van der Waals surface area contributed by atoms with Crippen LogP contribution in [0.4, 0.5) is 11.5 Å². The number of nitrogen functional groups attached to an aromatic ring is 1. The molecular weight excluding hydrogens is 1000 g/mol. The van der Waals surface area contributed by atoms with Crippen molar-refractivity contribution >= 4 is 35.1 Å². The van der Waals surface area contributed by atoms with Crippen LogP contribution >= 0.6 is 0 Å². The van der Waals surface area contributed by atoms with Gasteiger partial charge in [0.2, 0.25) is 11.8 Å². The molecule has 0 radical (unpaired) electrons. The molecule has 410 valence electrons. The molecule has 4 heterocycles. The number of carbonyl (C=O) groups excluding carboxylic acids is 4. The van der Waals surface area contributed by atoms with E-state index in [4.69, 9.17) is 29.9 Å². The van der Waals surface area contributed by atoms with Gasteiger partial charge in [-0.3, -0.25) is 19.2 Å². The Labute approximate surface area is 461 Å². The van der Waals surface area contributed by atoms with E-state index in [0.717, 1.165) is 48.8 Å². The third-order valence-corrected chi connectivity index (χ3v) is 14.3. The Kier molecular flexibility index (Phi) is 20.3. The first-order valence-corrected chi connectivity index (χ1v) is 27.1. The summed E-state index contributed by atoms with van der Waals surface area (Å²) in [6, 6.07) is 28.8. The molecule has 0 spiro atoms. The fraction of sp³-hybridized carbons (Fsp3) is 0.417. The molecular formula is C60H68N12O7. The Bertz CT molecular complexity index is 3080. The third-order valence-electron chi connectivity index (χ3n) is 14.3. The summed E-state index contributed by atoms with van der Waals surface area (Å²) in [6.07, 6.45) is 8.28. The second-order valence-electron chi connectivity index (χ2n) is 20.0. The van der Waals surface area contributed by atoms with Gasteiger partial charge in [0.05, 0.1) is 63.0 Å². The van der Waals surface area contributed by atoms with Crippen LogP contribution in [0.3, 0.4) is 0 Å². The maximum Gasteiger partial charge on any atom is 0.270 e. The summed E-state index contributed by atoms with van der Waals surface area (Å²) >= 11 is 0. The average molecular weight is 1070 g/mol. The van der Waals surface area contributed by atoms with Crippen molar-refractivity contribution in [2.45, 2.75) is 89.4 Å². The van der Waals surface area contributed by atoms with Gasteiger partial charge in [-0.15, -0.1) is 0 Å². The molecule has 19 nitrogen and oxygen atoms in total. The van der Waals surface area contributed by atoms with Gasteiger partial charge in [-0.05, 0) is 122 Å². The maximum absolute atomic E-state index is 13.9. The van der Waals surface area contributed by atoms with Crippen LogP contribution in [0.25, 0.3) is 22.3 Å². The number of aryl methyl sites for hydroxylation is 1. The number of fused-ring (bicyclic) bond motifs is 1. The van der Waals surface area contributed by atoms with E-state index in [1.54, 1.807) is 35.2 Å². The number of amides is 4. The van der Waals surface area contributed by atoms with Crippen molar-refractivity contribution in [3.05, 3.63) is 125 Å². The molecule has 4 amide bonds. The summed E-state index contributed by atoms with van der Waals surface area (Å²) in [6.45, 7) is 7.26. The smallest absolute Gasteiger partial charge is 0.270 e. The van der Waals surface area contributed by atoms with Crippen LogP contribution in [-0.4, -0.2) is 127 Å². The lowest BCUT2D eigenvalue weighted by molar-refractivity contribution is -0.123. The molecule has 0 unspecified atom stereocenters. The molecule has 19 heteroatoms. The zero-order chi connectivity index (χ0) is 55.5. The zero-order valence-electron chi connectivity index (χ0n) is 44.8. The lowest BCUT2D eigenvalue weighted by atomic mass is 9.84. The number of likely N-dealkylation sites (tertiary alicyclic amines) is 1. The Morgan fingerprint density at radius 3 is 2.25 bits per heavy atom. The van der Waals surface area contributed by atoms with Crippen molar-refractivity contribution in [1.29, 1.82) is 10.5 Å². The number of pyridine rings is 1. The standard InChI is InChI=1S/C60H68N12O7/c1-40(66-58(74)45-15-13-43(14-16-45)44-17-19-49(63)20-18-44)52-36-56(68-41(2)67-52)72-54-12-4-3-9-47(54)35-55(72)60(76)65-24-27-78-29-31-79-30-28-77-26-22-57(73)64-23-6-5-11-50-33-48(46-10-7-8-42(32-46)37-61)34-53(69-50)59(75)70-51-21-25-71(38-51)39-62/h7-8,10,13-20,32-34,36,40,47,51,54-55H,3-4,6,9,12,21-31,35,38,63H2,1-2H3,(H,64,73)(H,65,76)(H,66,74)(H,70,75)/t40-,47-,51+,54-,55-/m0/s1. The van der Waals surface area contributed by atoms with Crippen molar-refractivity contribution in [3.63, 3.8) is 0 Å². The van der Waals surface area contributed by atoms with Gasteiger partial charge in [0.25, 0.3) is 11.8 Å². The first kappa shape index (κ1) is 56.8. The summed E-state index contributed by atoms with van der Waals surface area (Å²) in [7, 11) is 0. The first-order valence-electron chi connectivity index (χ1n) is 27.1. The van der Waals surface area contributed by atoms with E-state index in [1.807, 2.05) is 74.5 Å². The van der Waals surface area contributed by atoms with E-state index in [-0.39, 0.29) is 54.4 Å². The summed E-state index contributed by atoms with van der Waals surface area (Å²) < 4.78 is 17.0. The van der Waals surface area contributed by atoms with Gasteiger partial charge in [0.15, 0.2) is 6.19 Å². The summed E-state index contributed by atoms with van der Waals surface area (Å²) in [5.74, 6) is 6.83. The molecule has 3 fully saturated rings. The topological polar surface area (TPSA) is 263 Å². The highest BCUT2D eigenvalue weighted by molar-refractivity contribution is 5.95. The van der Waals surface area contributed by atoms with Gasteiger partial charge in [-0.1, -0.05) is 55.2 Å². The predicted molar refractivity (Wildman–Crippen MR) is 298 cm³/mol. The molecule has 2 aliphatic heterocycles. The predicted octanol–water partition coefficient (Wildman–Crippen LogP) is 6.00. The normalized spacial score (nSPS) is 17.8. The van der Waals surface area contributed by atoms with Crippen LogP contribution < -0.4 is 31.9 Å². The minimum absolute atomic E-state index is 0.0695. The highest BCUT2D eigenvalue weighted by Gasteiger charge is 2.46. The fourth-order valence-electron chi connectivity index (χ4n) is 10.2. The molecule has 3 aliphatic rings. The monoisotopic (exact) mass is 1070 g/mol. The van der Waals surface area contributed by atoms with E-state index in [2.05, 4.69) is 55.3 Å². The Balaban J connectivity index is 0.705. The highest BCUT2D eigenvalue weighted by Crippen LogP contribution is 2.42. The summed E-state index contributed by atoms with van der Waals surface area (Å²) in [5, 5.41) is 30.6. The average Bonchev–Trinajstić information content (AvgIpc) is 4.19. The lowest BCUT2D eigenvalue weighted by Crippen LogP contribution is -2.48. The Morgan fingerprint density at radius 2 is 1.51 bits per heavy atom. The number of aromatic nitrogens is 3. The quantitative estimate of drug-likeness (QED) is 0.0218. The van der Waals surface area contributed by atoms with Crippen molar-refractivity contribution < 1.29 is 33.4 Å². The molecule has 79 heavy (non-hydrogen) atoms. The minimum Gasteiger partial charge on any atom is -0.399 e. The van der Waals surface area contributed by atoms with E-state index in [1.165, 1.54) is 0 Å². The number of anilines is 2. The molecule has 5 aromatic rings. The van der Waals surface area contributed by atoms with Gasteiger partial charge in [-0.2, -0.15) is 10.5 Å². The first-order chi connectivity index (χ1) is 38.4. The van der Waals surface area contributed by atoms with Crippen LogP contribution in [0.5, 0.6) is 0 Å². The second-order valence-corrected chi connectivity index (χ2v) is 20.0. The molecule has 1 aliphatic carbocycles. The summed E-state index contributed by atoms with van der Waals surface area (Å²) in [5.41, 5.74) is 12.2. The van der Waals surface area contributed by atoms with Crippen LogP contribution in [0.1, 0.15) is 108 Å². The maximum atomic E-state index is 13.9. The SMILES string of the molecule is Cc1nc([C@H](C)NC(=O)c2ccc(-c3ccc(N)cc3)cc2)cc(N2[C@H](C(=O)NCCOCCOCCOCCC(=O)NCCC#Cc3cc(-c4cccc(C#N)c4)cc(C(=O)N[C@@H]4CCN(C#N)C4)n3)C[C@@H]3CCCC[C@@H]32)n1. The number of carbonyl (C=O) groups is 4. The number of nitriles is 2. The van der Waals surface area contributed by atoms with Gasteiger partial charge >= 0.3 is 0 Å². The molecule has 8 rings (SSSR count). The lowest BCUT2D eigenvalue weighted by Gasteiger charge is -2.35. The second kappa shape index (κ2) is 28.3. The van der Waals surface area contributed by atoms with Gasteiger partial charge in [0, 0.05) is 68.4 Å². The molecule has 0 bridgehead atoms. The van der Waals surface area contributed by atoms with Crippen LogP contribution in [0.2, 0.25) is 0 Å². The number of hydrogen-bond acceptors (Lipinski definition) is 15. The molecule has 6 N–H and O–H groups in total. The molecule has 2 aromatic heterocycles. The van der Waals surface area contributed by atoms with Crippen molar-refractivity contribution in [1.82, 2.24) is 41.1 Å². The minimum atomic E-state index is -0.416. The Hall–Kier alpha value is -8.41. The number of rotatable bonds is 23. The molecule has 2 saturated heterocycles. The number of ether oxygens (including phenoxy) is 3.